The molecule has 0 saturated carbocycles. The Kier molecular flexibility index (Phi) is 7.32. The summed E-state index contributed by atoms with van der Waals surface area (Å²) >= 11 is 0. The number of allylic oxidation sites excluding steroid dienone is 2. The van der Waals surface area contributed by atoms with Crippen LogP contribution in [0.15, 0.2) is 60.8 Å². The molecule has 4 nitrogen and oxygen atoms in total. The van der Waals surface area contributed by atoms with Crippen LogP contribution in [0.1, 0.15) is 0 Å². The van der Waals surface area contributed by atoms with Crippen LogP contribution in [0.2, 0.25) is 0 Å². The molecular formula is C26H24O4. The molecule has 0 aromatic carbocycles. The molecule has 0 aromatic rings. The van der Waals surface area contributed by atoms with Crippen molar-refractivity contribution in [3.8, 4) is 48.4 Å². The van der Waals surface area contributed by atoms with Crippen LogP contribution in [0.3, 0.4) is 0 Å². The summed E-state index contributed by atoms with van der Waals surface area (Å²) in [6.45, 7) is 0. The summed E-state index contributed by atoms with van der Waals surface area (Å²) in [5.74, 6) is 17.1. The monoisotopic (exact) mass is 400 g/mol. The van der Waals surface area contributed by atoms with Gasteiger partial charge in [-0.3, -0.25) is 0 Å². The molecule has 0 heterocycles. The lowest BCUT2D eigenvalue weighted by Crippen LogP contribution is -2.34. The van der Waals surface area contributed by atoms with Crippen molar-refractivity contribution in [2.45, 2.75) is 22.4 Å². The maximum Gasteiger partial charge on any atom is 0.166 e. The highest BCUT2D eigenvalue weighted by atomic mass is 16.5. The van der Waals surface area contributed by atoms with Crippen molar-refractivity contribution >= 4 is 0 Å². The summed E-state index contributed by atoms with van der Waals surface area (Å²) in [4.78, 5) is 0. The standard InChI is InChI=1S/C26H24O4/c1-7-23(27-3)15-19-25(29-5,20-16-23)13-11-9-10-12-14-26(30-6)21-17-24(8-2,28-4)18-22-26/h1-2,9-10,15-22H,3-6H3/b10-9-. The number of rotatable bonds is 4. The van der Waals surface area contributed by atoms with E-state index in [0.29, 0.717) is 0 Å². The first-order chi connectivity index (χ1) is 14.4. The van der Waals surface area contributed by atoms with Crippen LogP contribution >= 0.6 is 0 Å². The third-order valence-electron chi connectivity index (χ3n) is 4.90. The largest absolute Gasteiger partial charge is 0.358 e. The number of hydrogen-bond acceptors (Lipinski definition) is 4. The molecule has 0 unspecified atom stereocenters. The Bertz CT molecular complexity index is 890. The summed E-state index contributed by atoms with van der Waals surface area (Å²) in [5, 5.41) is 0. The van der Waals surface area contributed by atoms with Gasteiger partial charge in [-0.15, -0.1) is 12.8 Å². The zero-order chi connectivity index (χ0) is 22.1. The third-order valence-corrected chi connectivity index (χ3v) is 4.90. The van der Waals surface area contributed by atoms with Crippen LogP contribution in [0, 0.1) is 48.4 Å². The van der Waals surface area contributed by atoms with Crippen molar-refractivity contribution in [2.75, 3.05) is 28.4 Å². The normalized spacial score (nSPS) is 33.8. The Balaban J connectivity index is 2.12. The molecule has 0 saturated heterocycles. The summed E-state index contributed by atoms with van der Waals surface area (Å²) in [6.07, 6.45) is 28.4. The van der Waals surface area contributed by atoms with Crippen molar-refractivity contribution in [2.24, 2.45) is 0 Å². The van der Waals surface area contributed by atoms with Crippen LogP contribution in [0.4, 0.5) is 0 Å². The minimum absolute atomic E-state index is 0.875. The number of hydrogen-bond donors (Lipinski definition) is 0. The predicted molar refractivity (Wildman–Crippen MR) is 118 cm³/mol. The molecule has 0 spiro atoms. The minimum Gasteiger partial charge on any atom is -0.358 e. The molecule has 0 N–H and O–H groups in total. The van der Waals surface area contributed by atoms with E-state index >= 15 is 0 Å². The van der Waals surface area contributed by atoms with Gasteiger partial charge in [-0.05, 0) is 60.8 Å². The quantitative estimate of drug-likeness (QED) is 0.537. The van der Waals surface area contributed by atoms with Gasteiger partial charge in [0.05, 0.1) is 0 Å². The smallest absolute Gasteiger partial charge is 0.166 e. The van der Waals surface area contributed by atoms with E-state index in [-0.39, 0.29) is 0 Å². The van der Waals surface area contributed by atoms with E-state index in [4.69, 9.17) is 31.8 Å². The van der Waals surface area contributed by atoms with Crippen molar-refractivity contribution in [1.29, 1.82) is 0 Å². The fraction of sp³-hybridized carbons (Fsp3) is 0.308. The van der Waals surface area contributed by atoms with E-state index in [1.807, 2.05) is 0 Å². The first-order valence-corrected chi connectivity index (χ1v) is 9.08. The van der Waals surface area contributed by atoms with Gasteiger partial charge >= 0.3 is 0 Å². The fourth-order valence-electron chi connectivity index (χ4n) is 2.73. The lowest BCUT2D eigenvalue weighted by atomic mass is 9.90. The van der Waals surface area contributed by atoms with E-state index in [0.717, 1.165) is 0 Å². The van der Waals surface area contributed by atoms with Gasteiger partial charge in [0.25, 0.3) is 0 Å². The van der Waals surface area contributed by atoms with Gasteiger partial charge in [-0.2, -0.15) is 0 Å². The maximum absolute atomic E-state index is 5.53. The van der Waals surface area contributed by atoms with Gasteiger partial charge in [-0.1, -0.05) is 35.5 Å². The summed E-state index contributed by atoms with van der Waals surface area (Å²) < 4.78 is 21.7. The Morgan fingerprint density at radius 2 is 0.800 bits per heavy atom. The van der Waals surface area contributed by atoms with Gasteiger partial charge in [0.2, 0.25) is 0 Å². The molecule has 2 aliphatic rings. The highest BCUT2D eigenvalue weighted by Gasteiger charge is 2.32. The first kappa shape index (κ1) is 23.1. The van der Waals surface area contributed by atoms with Crippen LogP contribution < -0.4 is 0 Å². The second-order valence-corrected chi connectivity index (χ2v) is 6.48. The Hall–Kier alpha value is -3.22. The summed E-state index contributed by atoms with van der Waals surface area (Å²) in [7, 11) is 6.24. The van der Waals surface area contributed by atoms with Crippen molar-refractivity contribution in [3.05, 3.63) is 60.8 Å². The molecule has 0 atom stereocenters. The number of ether oxygens (including phenoxy) is 4. The third kappa shape index (κ3) is 4.84. The molecule has 0 radical (unpaired) electrons. The first-order valence-electron chi connectivity index (χ1n) is 9.08. The molecule has 2 rings (SSSR count). The molecule has 0 aliphatic heterocycles. The van der Waals surface area contributed by atoms with E-state index in [1.165, 1.54) is 0 Å². The molecule has 152 valence electrons. The predicted octanol–water partition coefficient (Wildman–Crippen LogP) is 2.61. The van der Waals surface area contributed by atoms with Crippen LogP contribution in [-0.2, 0) is 18.9 Å². The fourth-order valence-corrected chi connectivity index (χ4v) is 2.73. The topological polar surface area (TPSA) is 36.9 Å². The van der Waals surface area contributed by atoms with E-state index in [9.17, 15) is 0 Å². The molecular weight excluding hydrogens is 376 g/mol. The lowest BCUT2D eigenvalue weighted by Gasteiger charge is -2.29. The van der Waals surface area contributed by atoms with Crippen molar-refractivity contribution in [3.63, 3.8) is 0 Å². The Morgan fingerprint density at radius 1 is 0.533 bits per heavy atom. The van der Waals surface area contributed by atoms with Gasteiger partial charge in [0.1, 0.15) is 0 Å². The van der Waals surface area contributed by atoms with Gasteiger partial charge in [-0.25, -0.2) is 0 Å². The van der Waals surface area contributed by atoms with E-state index < -0.39 is 22.4 Å². The zero-order valence-corrected chi connectivity index (χ0v) is 17.6. The molecule has 0 amide bonds. The molecule has 0 bridgehead atoms. The molecule has 0 fully saturated rings. The molecule has 2 aliphatic carbocycles. The highest BCUT2D eigenvalue weighted by molar-refractivity contribution is 5.47. The minimum atomic E-state index is -0.877. The average molecular weight is 400 g/mol. The molecule has 30 heavy (non-hydrogen) atoms. The number of methoxy groups -OCH3 is 4. The second-order valence-electron chi connectivity index (χ2n) is 6.48. The van der Waals surface area contributed by atoms with Gasteiger partial charge < -0.3 is 18.9 Å². The van der Waals surface area contributed by atoms with Crippen molar-refractivity contribution < 1.29 is 18.9 Å². The lowest BCUT2D eigenvalue weighted by molar-refractivity contribution is 0.0954. The molecule has 4 heteroatoms. The number of terminal acetylenes is 2. The second kappa shape index (κ2) is 9.52. The van der Waals surface area contributed by atoms with Crippen LogP contribution in [0.5, 0.6) is 0 Å². The van der Waals surface area contributed by atoms with Gasteiger partial charge in [0, 0.05) is 28.4 Å². The summed E-state index contributed by atoms with van der Waals surface area (Å²) in [5.41, 5.74) is -3.50. The summed E-state index contributed by atoms with van der Waals surface area (Å²) in [6, 6.07) is 0. The highest BCUT2D eigenvalue weighted by Crippen LogP contribution is 2.27. The van der Waals surface area contributed by atoms with E-state index in [1.54, 1.807) is 89.2 Å². The van der Waals surface area contributed by atoms with Crippen LogP contribution in [0.25, 0.3) is 0 Å². The average Bonchev–Trinajstić information content (AvgIpc) is 2.82. The Morgan fingerprint density at radius 3 is 1.03 bits per heavy atom. The zero-order valence-electron chi connectivity index (χ0n) is 17.6. The van der Waals surface area contributed by atoms with Crippen LogP contribution in [-0.4, -0.2) is 50.8 Å². The van der Waals surface area contributed by atoms with Crippen molar-refractivity contribution in [1.82, 2.24) is 0 Å². The van der Waals surface area contributed by atoms with E-state index in [2.05, 4.69) is 35.5 Å². The Labute approximate surface area is 179 Å². The maximum atomic E-state index is 5.53. The molecule has 0 aromatic heterocycles. The van der Waals surface area contributed by atoms with Gasteiger partial charge in [0.15, 0.2) is 22.4 Å². The SMILES string of the molecule is C#CC1(OC)C=CC(C#C/C=C\C#CC2(OC)C=CC(C#C)(OC)C=C2)(OC)C=C1.